The quantitative estimate of drug-likeness (QED) is 0.813. The van der Waals surface area contributed by atoms with Crippen LogP contribution in [0.4, 0.5) is 4.39 Å². The lowest BCUT2D eigenvalue weighted by Gasteiger charge is -2.27. The van der Waals surface area contributed by atoms with Crippen LogP contribution in [-0.4, -0.2) is 18.0 Å². The summed E-state index contributed by atoms with van der Waals surface area (Å²) < 4.78 is 13.3. The maximum Gasteiger partial charge on any atom is 0.123 e. The molecule has 0 N–H and O–H groups in total. The van der Waals surface area contributed by atoms with Gasteiger partial charge in [0.15, 0.2) is 0 Å². The van der Waals surface area contributed by atoms with Crippen molar-refractivity contribution in [3.05, 3.63) is 35.1 Å². The molecule has 3 heteroatoms. The van der Waals surface area contributed by atoms with E-state index in [-0.39, 0.29) is 5.82 Å². The van der Waals surface area contributed by atoms with Crippen molar-refractivity contribution in [2.75, 3.05) is 13.1 Å². The monoisotopic (exact) mass is 260 g/mol. The van der Waals surface area contributed by atoms with Crippen LogP contribution in [0, 0.1) is 28.5 Å². The molecule has 1 fully saturated rings. The second-order valence-corrected chi connectivity index (χ2v) is 6.50. The summed E-state index contributed by atoms with van der Waals surface area (Å²) in [5, 5.41) is 9.07. The lowest BCUT2D eigenvalue weighted by atomic mass is 9.80. The van der Waals surface area contributed by atoms with Crippen LogP contribution < -0.4 is 0 Å². The van der Waals surface area contributed by atoms with E-state index in [9.17, 15) is 4.39 Å². The van der Waals surface area contributed by atoms with Gasteiger partial charge < -0.3 is 0 Å². The van der Waals surface area contributed by atoms with Gasteiger partial charge in [0, 0.05) is 13.1 Å². The lowest BCUT2D eigenvalue weighted by molar-refractivity contribution is 0.226. The average molecular weight is 260 g/mol. The minimum atomic E-state index is -0.263. The topological polar surface area (TPSA) is 27.0 Å². The van der Waals surface area contributed by atoms with E-state index in [2.05, 4.69) is 31.7 Å². The van der Waals surface area contributed by atoms with Gasteiger partial charge in [-0.15, -0.1) is 0 Å². The van der Waals surface area contributed by atoms with E-state index >= 15 is 0 Å². The zero-order valence-corrected chi connectivity index (χ0v) is 11.9. The molecule has 2 rings (SSSR count). The van der Waals surface area contributed by atoms with Crippen LogP contribution in [-0.2, 0) is 6.54 Å². The van der Waals surface area contributed by atoms with E-state index in [0.29, 0.717) is 23.4 Å². The summed E-state index contributed by atoms with van der Waals surface area (Å²) in [6.45, 7) is 9.54. The van der Waals surface area contributed by atoms with E-state index in [1.165, 1.54) is 18.6 Å². The van der Waals surface area contributed by atoms with Crippen LogP contribution in [0.1, 0.15) is 38.3 Å². The van der Waals surface area contributed by atoms with Crippen molar-refractivity contribution in [1.29, 1.82) is 5.26 Å². The molecule has 1 unspecified atom stereocenters. The fourth-order valence-electron chi connectivity index (χ4n) is 2.73. The first-order valence-electron chi connectivity index (χ1n) is 6.81. The van der Waals surface area contributed by atoms with Crippen molar-refractivity contribution in [3.8, 4) is 6.07 Å². The highest BCUT2D eigenvalue weighted by molar-refractivity contribution is 5.37. The number of hydrogen-bond acceptors (Lipinski definition) is 2. The number of halogens is 1. The standard InChI is InChI=1S/C16H21FN2/c1-16(2,3)14-6-7-19(11-14)10-13-8-15(17)5-4-12(13)9-18/h4-5,8,14H,6-7,10-11H2,1-3H3. The molecule has 0 saturated carbocycles. The molecule has 0 radical (unpaired) electrons. The average Bonchev–Trinajstić information content (AvgIpc) is 2.77. The molecule has 0 bridgehead atoms. The molecule has 0 amide bonds. The van der Waals surface area contributed by atoms with Gasteiger partial charge in [-0.05, 0) is 48.1 Å². The molecule has 1 saturated heterocycles. The zero-order valence-electron chi connectivity index (χ0n) is 11.9. The second-order valence-electron chi connectivity index (χ2n) is 6.50. The van der Waals surface area contributed by atoms with Gasteiger partial charge in [0.05, 0.1) is 11.6 Å². The zero-order chi connectivity index (χ0) is 14.0. The third kappa shape index (κ3) is 3.33. The Morgan fingerprint density at radius 2 is 2.16 bits per heavy atom. The third-order valence-corrected chi connectivity index (χ3v) is 4.08. The van der Waals surface area contributed by atoms with Gasteiger partial charge in [0.25, 0.3) is 0 Å². The molecule has 0 spiro atoms. The highest BCUT2D eigenvalue weighted by Gasteiger charge is 2.31. The van der Waals surface area contributed by atoms with Crippen molar-refractivity contribution in [2.24, 2.45) is 11.3 Å². The Morgan fingerprint density at radius 3 is 2.74 bits per heavy atom. The molecule has 1 aliphatic heterocycles. The Hall–Kier alpha value is -1.40. The highest BCUT2D eigenvalue weighted by atomic mass is 19.1. The van der Waals surface area contributed by atoms with E-state index in [0.717, 1.165) is 18.7 Å². The molecular formula is C16H21FN2. The molecule has 0 aromatic heterocycles. The van der Waals surface area contributed by atoms with Crippen LogP contribution in [0.2, 0.25) is 0 Å². The van der Waals surface area contributed by atoms with Gasteiger partial charge >= 0.3 is 0 Å². The Morgan fingerprint density at radius 1 is 1.42 bits per heavy atom. The second kappa shape index (κ2) is 5.30. The molecule has 2 nitrogen and oxygen atoms in total. The van der Waals surface area contributed by atoms with Crippen molar-refractivity contribution in [1.82, 2.24) is 4.90 Å². The van der Waals surface area contributed by atoms with Crippen molar-refractivity contribution in [2.45, 2.75) is 33.7 Å². The van der Waals surface area contributed by atoms with E-state index in [1.54, 1.807) is 6.07 Å². The van der Waals surface area contributed by atoms with Gasteiger partial charge in [-0.2, -0.15) is 5.26 Å². The summed E-state index contributed by atoms with van der Waals surface area (Å²) in [5.41, 5.74) is 1.70. The lowest BCUT2D eigenvalue weighted by Crippen LogP contribution is -2.26. The first-order valence-corrected chi connectivity index (χ1v) is 6.81. The number of likely N-dealkylation sites (tertiary alicyclic amines) is 1. The molecular weight excluding hydrogens is 239 g/mol. The Labute approximate surface area is 114 Å². The minimum absolute atomic E-state index is 0.263. The number of hydrogen-bond donors (Lipinski definition) is 0. The van der Waals surface area contributed by atoms with Gasteiger partial charge in [-0.25, -0.2) is 4.39 Å². The summed E-state index contributed by atoms with van der Waals surface area (Å²) in [5.74, 6) is 0.409. The van der Waals surface area contributed by atoms with Crippen LogP contribution in [0.25, 0.3) is 0 Å². The highest BCUT2D eigenvalue weighted by Crippen LogP contribution is 2.34. The summed E-state index contributed by atoms with van der Waals surface area (Å²) in [7, 11) is 0. The first-order chi connectivity index (χ1) is 8.90. The molecule has 0 aliphatic carbocycles. The molecule has 1 aromatic carbocycles. The summed E-state index contributed by atoms with van der Waals surface area (Å²) in [6, 6.07) is 6.56. The third-order valence-electron chi connectivity index (χ3n) is 4.08. The Kier molecular flexibility index (Phi) is 3.91. The molecule has 1 heterocycles. The van der Waals surface area contributed by atoms with E-state index in [1.807, 2.05) is 0 Å². The Bertz CT molecular complexity index is 496. The van der Waals surface area contributed by atoms with Crippen LogP contribution in [0.3, 0.4) is 0 Å². The fourth-order valence-corrected chi connectivity index (χ4v) is 2.73. The predicted octanol–water partition coefficient (Wildman–Crippen LogP) is 3.57. The first kappa shape index (κ1) is 14.0. The normalized spacial score (nSPS) is 20.5. The summed E-state index contributed by atoms with van der Waals surface area (Å²) in [6.07, 6.45) is 1.18. The SMILES string of the molecule is CC(C)(C)C1CCN(Cc2cc(F)ccc2C#N)C1. The Balaban J connectivity index is 2.08. The van der Waals surface area contributed by atoms with Crippen molar-refractivity contribution in [3.63, 3.8) is 0 Å². The molecule has 1 atom stereocenters. The molecule has 19 heavy (non-hydrogen) atoms. The maximum atomic E-state index is 13.3. The number of nitriles is 1. The van der Waals surface area contributed by atoms with Crippen molar-refractivity contribution >= 4 is 0 Å². The van der Waals surface area contributed by atoms with Gasteiger partial charge in [-0.1, -0.05) is 20.8 Å². The molecule has 1 aliphatic rings. The maximum absolute atomic E-state index is 13.3. The van der Waals surface area contributed by atoms with Gasteiger partial charge in [-0.3, -0.25) is 4.90 Å². The number of nitrogens with zero attached hydrogens (tertiary/aromatic N) is 2. The van der Waals surface area contributed by atoms with E-state index in [4.69, 9.17) is 5.26 Å². The predicted molar refractivity (Wildman–Crippen MR) is 74.0 cm³/mol. The fraction of sp³-hybridized carbons (Fsp3) is 0.562. The van der Waals surface area contributed by atoms with Gasteiger partial charge in [0.2, 0.25) is 0 Å². The smallest absolute Gasteiger partial charge is 0.123 e. The largest absolute Gasteiger partial charge is 0.299 e. The van der Waals surface area contributed by atoms with Crippen molar-refractivity contribution < 1.29 is 4.39 Å². The van der Waals surface area contributed by atoms with Crippen LogP contribution in [0.5, 0.6) is 0 Å². The summed E-state index contributed by atoms with van der Waals surface area (Å²) >= 11 is 0. The summed E-state index contributed by atoms with van der Waals surface area (Å²) in [4.78, 5) is 2.32. The van der Waals surface area contributed by atoms with Crippen LogP contribution in [0.15, 0.2) is 18.2 Å². The molecule has 1 aromatic rings. The van der Waals surface area contributed by atoms with E-state index < -0.39 is 0 Å². The van der Waals surface area contributed by atoms with Gasteiger partial charge in [0.1, 0.15) is 5.82 Å². The minimum Gasteiger partial charge on any atom is -0.299 e. The number of benzene rings is 1. The van der Waals surface area contributed by atoms with Crippen LogP contribution >= 0.6 is 0 Å². The number of rotatable bonds is 2. The molecule has 102 valence electrons.